The predicted octanol–water partition coefficient (Wildman–Crippen LogP) is 4.93. The van der Waals surface area contributed by atoms with Crippen LogP contribution in [0.25, 0.3) is 0 Å². The number of anilines is 1. The fourth-order valence-corrected chi connectivity index (χ4v) is 5.58. The van der Waals surface area contributed by atoms with Gasteiger partial charge in [-0.05, 0) is 79.9 Å². The number of halogens is 2. The summed E-state index contributed by atoms with van der Waals surface area (Å²) in [7, 11) is -4.18. The highest BCUT2D eigenvalue weighted by atomic mass is 35.5. The van der Waals surface area contributed by atoms with Crippen molar-refractivity contribution in [1.29, 1.82) is 0 Å². The maximum absolute atomic E-state index is 13.9. The third kappa shape index (κ3) is 7.11. The highest BCUT2D eigenvalue weighted by Crippen LogP contribution is 2.26. The van der Waals surface area contributed by atoms with Gasteiger partial charge in [0.15, 0.2) is 0 Å². The van der Waals surface area contributed by atoms with Crippen molar-refractivity contribution in [3.05, 3.63) is 94.8 Å². The Bertz CT molecular complexity index is 1370. The van der Waals surface area contributed by atoms with E-state index >= 15 is 0 Å². The number of likely N-dealkylation sites (N-methyl/N-ethyl adjacent to an activating group) is 1. The lowest BCUT2D eigenvalue weighted by Gasteiger charge is -2.33. The van der Waals surface area contributed by atoms with Gasteiger partial charge in [-0.25, -0.2) is 12.8 Å². The van der Waals surface area contributed by atoms with Crippen LogP contribution in [0.2, 0.25) is 5.02 Å². The SMILES string of the molecule is CCNC(=O)[C@@H](CC)N(Cc1ccc(F)cc1)C(=O)CN(c1cccc(C)c1)S(=O)(=O)c1ccc(Cl)cc1. The van der Waals surface area contributed by atoms with E-state index in [1.165, 1.54) is 53.4 Å². The van der Waals surface area contributed by atoms with Crippen LogP contribution in [0.1, 0.15) is 31.4 Å². The van der Waals surface area contributed by atoms with E-state index < -0.39 is 34.3 Å². The Hall–Kier alpha value is -3.43. The standard InChI is InChI=1S/C28H31ClFN3O4S/c1-4-26(28(35)31-5-2)32(18-21-9-13-23(30)14-10-21)27(34)19-33(24-8-6-7-20(3)17-24)38(36,37)25-15-11-22(29)12-16-25/h6-17,26H,4-5,18-19H2,1-3H3,(H,31,35)/t26-/m1/s1. The first-order chi connectivity index (χ1) is 18.1. The number of carbonyl (C=O) groups is 2. The van der Waals surface area contributed by atoms with Crippen LogP contribution in [0, 0.1) is 12.7 Å². The minimum Gasteiger partial charge on any atom is -0.355 e. The molecule has 1 atom stereocenters. The van der Waals surface area contributed by atoms with Gasteiger partial charge >= 0.3 is 0 Å². The number of sulfonamides is 1. The molecule has 0 spiro atoms. The van der Waals surface area contributed by atoms with Crippen molar-refractivity contribution in [1.82, 2.24) is 10.2 Å². The fourth-order valence-electron chi connectivity index (χ4n) is 4.04. The molecule has 38 heavy (non-hydrogen) atoms. The Balaban J connectivity index is 2.05. The number of aryl methyl sites for hydroxylation is 1. The number of benzene rings is 3. The first-order valence-corrected chi connectivity index (χ1v) is 14.0. The largest absolute Gasteiger partial charge is 0.355 e. The van der Waals surface area contributed by atoms with E-state index in [4.69, 9.17) is 11.6 Å². The topological polar surface area (TPSA) is 86.8 Å². The van der Waals surface area contributed by atoms with Crippen LogP contribution in [0.4, 0.5) is 10.1 Å². The summed E-state index contributed by atoms with van der Waals surface area (Å²) in [6.07, 6.45) is 0.299. The average molecular weight is 560 g/mol. The Kier molecular flexibility index (Phi) is 9.88. The van der Waals surface area contributed by atoms with E-state index in [2.05, 4.69) is 5.32 Å². The maximum Gasteiger partial charge on any atom is 0.264 e. The molecule has 3 aromatic rings. The fraction of sp³-hybridized carbons (Fsp3) is 0.286. The van der Waals surface area contributed by atoms with Gasteiger partial charge in [-0.1, -0.05) is 42.8 Å². The number of hydrogen-bond donors (Lipinski definition) is 1. The van der Waals surface area contributed by atoms with Crippen LogP contribution in [0.15, 0.2) is 77.7 Å². The molecule has 0 aromatic heterocycles. The number of carbonyl (C=O) groups excluding carboxylic acids is 2. The normalized spacial score (nSPS) is 12.0. The third-order valence-corrected chi connectivity index (χ3v) is 8.01. The number of hydrogen-bond acceptors (Lipinski definition) is 4. The van der Waals surface area contributed by atoms with Crippen molar-refractivity contribution >= 4 is 39.1 Å². The molecule has 2 amide bonds. The van der Waals surface area contributed by atoms with Crippen molar-refractivity contribution < 1.29 is 22.4 Å². The molecule has 0 fully saturated rings. The van der Waals surface area contributed by atoms with E-state index in [1.54, 1.807) is 32.0 Å². The number of rotatable bonds is 11. The molecule has 0 aliphatic carbocycles. The van der Waals surface area contributed by atoms with Gasteiger partial charge in [0.1, 0.15) is 18.4 Å². The van der Waals surface area contributed by atoms with E-state index in [0.717, 1.165) is 9.87 Å². The summed E-state index contributed by atoms with van der Waals surface area (Å²) < 4.78 is 42.1. The van der Waals surface area contributed by atoms with Crippen molar-refractivity contribution in [2.75, 3.05) is 17.4 Å². The zero-order chi connectivity index (χ0) is 27.9. The Labute approximate surface area is 228 Å². The van der Waals surface area contributed by atoms with Gasteiger partial charge in [0.25, 0.3) is 10.0 Å². The number of nitrogens with zero attached hydrogens (tertiary/aromatic N) is 2. The first kappa shape index (κ1) is 29.1. The van der Waals surface area contributed by atoms with Gasteiger partial charge in [0.05, 0.1) is 10.6 Å². The molecule has 0 saturated carbocycles. The maximum atomic E-state index is 13.9. The first-order valence-electron chi connectivity index (χ1n) is 12.2. The minimum atomic E-state index is -4.18. The highest BCUT2D eigenvalue weighted by molar-refractivity contribution is 7.92. The van der Waals surface area contributed by atoms with Crippen LogP contribution >= 0.6 is 11.6 Å². The lowest BCUT2D eigenvalue weighted by molar-refractivity contribution is -0.140. The summed E-state index contributed by atoms with van der Waals surface area (Å²) >= 11 is 5.97. The van der Waals surface area contributed by atoms with Crippen LogP contribution < -0.4 is 9.62 Å². The molecule has 10 heteroatoms. The third-order valence-electron chi connectivity index (χ3n) is 5.97. The molecule has 0 aliphatic heterocycles. The molecule has 0 aliphatic rings. The summed E-state index contributed by atoms with van der Waals surface area (Å²) in [5.41, 5.74) is 1.72. The van der Waals surface area contributed by atoms with E-state index in [0.29, 0.717) is 29.2 Å². The van der Waals surface area contributed by atoms with Gasteiger partial charge in [0.2, 0.25) is 11.8 Å². The molecule has 7 nitrogen and oxygen atoms in total. The zero-order valence-electron chi connectivity index (χ0n) is 21.5. The second-order valence-electron chi connectivity index (χ2n) is 8.77. The molecule has 0 unspecified atom stereocenters. The van der Waals surface area contributed by atoms with Crippen LogP contribution in [-0.2, 0) is 26.2 Å². The van der Waals surface area contributed by atoms with Gasteiger partial charge in [-0.2, -0.15) is 0 Å². The van der Waals surface area contributed by atoms with E-state index in [1.807, 2.05) is 13.0 Å². The minimum absolute atomic E-state index is 0.00258. The van der Waals surface area contributed by atoms with Crippen LogP contribution in [-0.4, -0.2) is 44.3 Å². The second kappa shape index (κ2) is 12.9. The molecular formula is C28H31ClFN3O4S. The number of nitrogens with one attached hydrogen (secondary N) is 1. The van der Waals surface area contributed by atoms with Gasteiger partial charge in [-0.3, -0.25) is 13.9 Å². The molecule has 1 N–H and O–H groups in total. The highest BCUT2D eigenvalue weighted by Gasteiger charge is 2.33. The average Bonchev–Trinajstić information content (AvgIpc) is 2.88. The van der Waals surface area contributed by atoms with Crippen LogP contribution in [0.5, 0.6) is 0 Å². The lowest BCUT2D eigenvalue weighted by Crippen LogP contribution is -2.52. The molecule has 0 radical (unpaired) electrons. The zero-order valence-corrected chi connectivity index (χ0v) is 23.1. The predicted molar refractivity (Wildman–Crippen MR) is 147 cm³/mol. The molecule has 3 aromatic carbocycles. The van der Waals surface area contributed by atoms with E-state index in [-0.39, 0.29) is 17.3 Å². The van der Waals surface area contributed by atoms with Gasteiger partial charge < -0.3 is 10.2 Å². The number of amides is 2. The van der Waals surface area contributed by atoms with Crippen molar-refractivity contribution in [2.45, 2.75) is 44.7 Å². The Morgan fingerprint density at radius 3 is 2.24 bits per heavy atom. The Morgan fingerprint density at radius 1 is 1.00 bits per heavy atom. The molecule has 202 valence electrons. The molecule has 0 heterocycles. The second-order valence-corrected chi connectivity index (χ2v) is 11.1. The molecular weight excluding hydrogens is 529 g/mol. The van der Waals surface area contributed by atoms with Crippen molar-refractivity contribution in [3.63, 3.8) is 0 Å². The van der Waals surface area contributed by atoms with Gasteiger partial charge in [0, 0.05) is 18.1 Å². The summed E-state index contributed by atoms with van der Waals surface area (Å²) in [4.78, 5) is 28.1. The molecule has 0 saturated heterocycles. The van der Waals surface area contributed by atoms with Crippen LogP contribution in [0.3, 0.4) is 0 Å². The molecule has 0 bridgehead atoms. The summed E-state index contributed by atoms with van der Waals surface area (Å²) in [5.74, 6) is -1.36. The Morgan fingerprint density at radius 2 is 1.66 bits per heavy atom. The monoisotopic (exact) mass is 559 g/mol. The smallest absolute Gasteiger partial charge is 0.264 e. The summed E-state index contributed by atoms with van der Waals surface area (Å²) in [6.45, 7) is 5.18. The van der Waals surface area contributed by atoms with Gasteiger partial charge in [-0.15, -0.1) is 0 Å². The van der Waals surface area contributed by atoms with Crippen molar-refractivity contribution in [3.8, 4) is 0 Å². The lowest BCUT2D eigenvalue weighted by atomic mass is 10.1. The summed E-state index contributed by atoms with van der Waals surface area (Å²) in [6, 6.07) is 17.3. The van der Waals surface area contributed by atoms with Crippen molar-refractivity contribution in [2.24, 2.45) is 0 Å². The van der Waals surface area contributed by atoms with E-state index in [9.17, 15) is 22.4 Å². The molecule has 3 rings (SSSR count). The summed E-state index contributed by atoms with van der Waals surface area (Å²) in [5, 5.41) is 3.12. The quantitative estimate of drug-likeness (QED) is 0.361.